The standard InChI is InChI=1S/C19H26N2O2/c1-19(2)13-21-10-9-20(18(22)17-8-5-11-23-17)12-16(21)14-6-3-4-7-15(14)19/h3-4,6-7,16-17H,5,8-13H2,1-2H3. The first-order valence-electron chi connectivity index (χ1n) is 8.80. The van der Waals surface area contributed by atoms with Crippen molar-refractivity contribution in [1.82, 2.24) is 9.80 Å². The van der Waals surface area contributed by atoms with Gasteiger partial charge >= 0.3 is 0 Å². The summed E-state index contributed by atoms with van der Waals surface area (Å²) in [5, 5.41) is 0. The monoisotopic (exact) mass is 314 g/mol. The molecule has 23 heavy (non-hydrogen) atoms. The number of nitrogens with zero attached hydrogens (tertiary/aromatic N) is 2. The molecule has 0 aromatic heterocycles. The minimum absolute atomic E-state index is 0.174. The van der Waals surface area contributed by atoms with Gasteiger partial charge in [-0.1, -0.05) is 38.1 Å². The third kappa shape index (κ3) is 2.58. The molecule has 4 heteroatoms. The Balaban J connectivity index is 1.59. The number of piperazine rings is 1. The fraction of sp³-hybridized carbons (Fsp3) is 0.632. The van der Waals surface area contributed by atoms with Crippen LogP contribution in [-0.2, 0) is 14.9 Å². The van der Waals surface area contributed by atoms with Gasteiger partial charge in [-0.05, 0) is 24.0 Å². The summed E-state index contributed by atoms with van der Waals surface area (Å²) in [4.78, 5) is 17.3. The lowest BCUT2D eigenvalue weighted by Gasteiger charge is -2.50. The number of carbonyl (C=O) groups is 1. The van der Waals surface area contributed by atoms with Crippen molar-refractivity contribution in [2.75, 3.05) is 32.8 Å². The largest absolute Gasteiger partial charge is 0.368 e. The van der Waals surface area contributed by atoms with E-state index in [1.54, 1.807) is 0 Å². The maximum Gasteiger partial charge on any atom is 0.251 e. The van der Waals surface area contributed by atoms with Gasteiger partial charge in [-0.3, -0.25) is 9.69 Å². The molecule has 4 nitrogen and oxygen atoms in total. The topological polar surface area (TPSA) is 32.8 Å². The third-order valence-corrected chi connectivity index (χ3v) is 5.66. The maximum absolute atomic E-state index is 12.7. The second-order valence-electron chi connectivity index (χ2n) is 7.74. The number of benzene rings is 1. The summed E-state index contributed by atoms with van der Waals surface area (Å²) < 4.78 is 5.60. The van der Waals surface area contributed by atoms with Gasteiger partial charge in [0.25, 0.3) is 5.91 Å². The van der Waals surface area contributed by atoms with E-state index >= 15 is 0 Å². The van der Waals surface area contributed by atoms with E-state index < -0.39 is 0 Å². The summed E-state index contributed by atoms with van der Waals surface area (Å²) in [5.74, 6) is 0.199. The van der Waals surface area contributed by atoms with Crippen molar-refractivity contribution in [3.8, 4) is 0 Å². The van der Waals surface area contributed by atoms with Crippen molar-refractivity contribution in [3.05, 3.63) is 35.4 Å². The van der Waals surface area contributed by atoms with Gasteiger partial charge in [0.05, 0.1) is 6.04 Å². The molecule has 2 saturated heterocycles. The number of fused-ring (bicyclic) bond motifs is 3. The Hall–Kier alpha value is -1.39. The fourth-order valence-corrected chi connectivity index (χ4v) is 4.48. The van der Waals surface area contributed by atoms with Gasteiger partial charge in [0.15, 0.2) is 0 Å². The molecule has 1 aromatic carbocycles. The first-order chi connectivity index (χ1) is 11.1. The van der Waals surface area contributed by atoms with Crippen molar-refractivity contribution in [2.45, 2.75) is 44.2 Å². The van der Waals surface area contributed by atoms with E-state index in [9.17, 15) is 4.79 Å². The Kier molecular flexibility index (Phi) is 3.69. The van der Waals surface area contributed by atoms with Crippen molar-refractivity contribution in [3.63, 3.8) is 0 Å². The molecule has 3 aliphatic heterocycles. The molecule has 1 aromatic rings. The van der Waals surface area contributed by atoms with Crippen LogP contribution >= 0.6 is 0 Å². The van der Waals surface area contributed by atoms with Gasteiger partial charge in [-0.25, -0.2) is 0 Å². The molecule has 0 spiro atoms. The number of carbonyl (C=O) groups excluding carboxylic acids is 1. The summed E-state index contributed by atoms with van der Waals surface area (Å²) in [6, 6.07) is 9.09. The highest BCUT2D eigenvalue weighted by molar-refractivity contribution is 5.81. The lowest BCUT2D eigenvalue weighted by atomic mass is 9.75. The first kappa shape index (κ1) is 15.2. The fourth-order valence-electron chi connectivity index (χ4n) is 4.48. The Bertz CT molecular complexity index is 607. The molecule has 1 amide bonds. The van der Waals surface area contributed by atoms with Crippen LogP contribution in [0.25, 0.3) is 0 Å². The molecular formula is C19H26N2O2. The molecule has 0 N–H and O–H groups in total. The molecule has 0 bridgehead atoms. The summed E-state index contributed by atoms with van der Waals surface area (Å²) in [7, 11) is 0. The molecule has 3 heterocycles. The quantitative estimate of drug-likeness (QED) is 0.798. The third-order valence-electron chi connectivity index (χ3n) is 5.66. The van der Waals surface area contributed by atoms with Crippen LogP contribution in [0.1, 0.15) is 43.9 Å². The van der Waals surface area contributed by atoms with Gasteiger partial charge in [0.1, 0.15) is 6.10 Å². The Morgan fingerprint density at radius 3 is 2.87 bits per heavy atom. The lowest BCUT2D eigenvalue weighted by Crippen LogP contribution is -2.57. The number of amides is 1. The number of hydrogen-bond donors (Lipinski definition) is 0. The zero-order valence-corrected chi connectivity index (χ0v) is 14.1. The van der Waals surface area contributed by atoms with E-state index in [1.165, 1.54) is 11.1 Å². The second-order valence-corrected chi connectivity index (χ2v) is 7.74. The van der Waals surface area contributed by atoms with Gasteiger partial charge in [0.2, 0.25) is 0 Å². The van der Waals surface area contributed by atoms with Crippen LogP contribution in [0.4, 0.5) is 0 Å². The molecule has 2 atom stereocenters. The summed E-state index contributed by atoms with van der Waals surface area (Å²) >= 11 is 0. The van der Waals surface area contributed by atoms with Crippen molar-refractivity contribution >= 4 is 5.91 Å². The van der Waals surface area contributed by atoms with Crippen LogP contribution in [0, 0.1) is 0 Å². The molecule has 2 fully saturated rings. The van der Waals surface area contributed by atoms with Crippen LogP contribution in [0.3, 0.4) is 0 Å². The Labute approximate surface area is 138 Å². The average molecular weight is 314 g/mol. The van der Waals surface area contributed by atoms with Crippen molar-refractivity contribution in [2.24, 2.45) is 0 Å². The van der Waals surface area contributed by atoms with Crippen LogP contribution in [0.5, 0.6) is 0 Å². The first-order valence-corrected chi connectivity index (χ1v) is 8.80. The highest BCUT2D eigenvalue weighted by Gasteiger charge is 2.42. The van der Waals surface area contributed by atoms with Crippen molar-refractivity contribution in [1.29, 1.82) is 0 Å². The molecule has 0 radical (unpaired) electrons. The van der Waals surface area contributed by atoms with Gasteiger partial charge in [-0.2, -0.15) is 0 Å². The smallest absolute Gasteiger partial charge is 0.251 e. The van der Waals surface area contributed by atoms with Crippen LogP contribution in [0.15, 0.2) is 24.3 Å². The lowest BCUT2D eigenvalue weighted by molar-refractivity contribution is -0.144. The van der Waals surface area contributed by atoms with Crippen LogP contribution in [-0.4, -0.2) is 54.6 Å². The molecule has 3 aliphatic rings. The van der Waals surface area contributed by atoms with E-state index in [0.717, 1.165) is 45.6 Å². The minimum Gasteiger partial charge on any atom is -0.368 e. The Morgan fingerprint density at radius 1 is 1.26 bits per heavy atom. The predicted molar refractivity (Wildman–Crippen MR) is 89.3 cm³/mol. The molecular weight excluding hydrogens is 288 g/mol. The van der Waals surface area contributed by atoms with Crippen LogP contribution < -0.4 is 0 Å². The van der Waals surface area contributed by atoms with Gasteiger partial charge < -0.3 is 9.64 Å². The number of ether oxygens (including phenoxy) is 1. The van der Waals surface area contributed by atoms with E-state index in [2.05, 4.69) is 43.0 Å². The van der Waals surface area contributed by atoms with E-state index in [-0.39, 0.29) is 17.4 Å². The number of hydrogen-bond acceptors (Lipinski definition) is 3. The summed E-state index contributed by atoms with van der Waals surface area (Å²) in [6.07, 6.45) is 1.70. The molecule has 124 valence electrons. The van der Waals surface area contributed by atoms with E-state index in [0.29, 0.717) is 6.04 Å². The maximum atomic E-state index is 12.7. The minimum atomic E-state index is -0.197. The Morgan fingerprint density at radius 2 is 2.09 bits per heavy atom. The van der Waals surface area contributed by atoms with E-state index in [1.807, 2.05) is 4.90 Å². The predicted octanol–water partition coefficient (Wildman–Crippen LogP) is 2.34. The summed E-state index contributed by atoms with van der Waals surface area (Å²) in [6.45, 7) is 9.03. The number of rotatable bonds is 1. The molecule has 0 saturated carbocycles. The normalized spacial score (nSPS) is 29.9. The van der Waals surface area contributed by atoms with E-state index in [4.69, 9.17) is 4.74 Å². The highest BCUT2D eigenvalue weighted by atomic mass is 16.5. The van der Waals surface area contributed by atoms with Crippen molar-refractivity contribution < 1.29 is 9.53 Å². The summed E-state index contributed by atoms with van der Waals surface area (Å²) in [5.41, 5.74) is 3.01. The molecule has 2 unspecified atom stereocenters. The van der Waals surface area contributed by atoms with Gasteiger partial charge in [0, 0.05) is 38.2 Å². The highest BCUT2D eigenvalue weighted by Crippen LogP contribution is 2.41. The zero-order valence-electron chi connectivity index (χ0n) is 14.1. The zero-order chi connectivity index (χ0) is 16.0. The SMILES string of the molecule is CC1(C)CN2CCN(C(=O)C3CCCO3)CC2c2ccccc21. The molecule has 4 rings (SSSR count). The van der Waals surface area contributed by atoms with Gasteiger partial charge in [-0.15, -0.1) is 0 Å². The second kappa shape index (κ2) is 5.60. The molecule has 0 aliphatic carbocycles. The average Bonchev–Trinajstić information content (AvgIpc) is 3.08. The van der Waals surface area contributed by atoms with Crippen LogP contribution in [0.2, 0.25) is 0 Å².